The van der Waals surface area contributed by atoms with Crippen molar-refractivity contribution in [2.24, 2.45) is 17.4 Å². The first kappa shape index (κ1) is 15.0. The highest BCUT2D eigenvalue weighted by atomic mass is 16.1. The average molecular weight is 275 g/mol. The van der Waals surface area contributed by atoms with Gasteiger partial charge in [0, 0.05) is 18.6 Å². The molecule has 0 saturated carbocycles. The molecule has 110 valence electrons. The zero-order valence-electron chi connectivity index (χ0n) is 12.2. The highest BCUT2D eigenvalue weighted by Crippen LogP contribution is 2.32. The number of benzene rings is 1. The molecule has 4 heteroatoms. The van der Waals surface area contributed by atoms with E-state index in [4.69, 9.17) is 11.5 Å². The fourth-order valence-corrected chi connectivity index (χ4v) is 3.16. The van der Waals surface area contributed by atoms with Crippen LogP contribution < -0.4 is 11.5 Å². The Hall–Kier alpha value is -1.39. The van der Waals surface area contributed by atoms with Gasteiger partial charge in [-0.25, -0.2) is 0 Å². The number of amides is 1. The number of hydrogen-bond donors (Lipinski definition) is 2. The Labute approximate surface area is 121 Å². The summed E-state index contributed by atoms with van der Waals surface area (Å²) < 4.78 is 0. The number of piperidine rings is 1. The van der Waals surface area contributed by atoms with Crippen LogP contribution in [0, 0.1) is 5.92 Å². The van der Waals surface area contributed by atoms with Gasteiger partial charge in [-0.3, -0.25) is 9.69 Å². The topological polar surface area (TPSA) is 72.4 Å². The predicted molar refractivity (Wildman–Crippen MR) is 80.9 cm³/mol. The van der Waals surface area contributed by atoms with Crippen molar-refractivity contribution in [3.8, 4) is 0 Å². The summed E-state index contributed by atoms with van der Waals surface area (Å²) in [6.07, 6.45) is 2.82. The third-order valence-corrected chi connectivity index (χ3v) is 4.36. The molecule has 1 aliphatic rings. The van der Waals surface area contributed by atoms with Crippen LogP contribution >= 0.6 is 0 Å². The van der Waals surface area contributed by atoms with Crippen molar-refractivity contribution in [1.29, 1.82) is 0 Å². The Morgan fingerprint density at radius 3 is 2.65 bits per heavy atom. The number of nitrogens with zero attached hydrogens (tertiary/aromatic N) is 1. The molecule has 1 amide bonds. The van der Waals surface area contributed by atoms with Gasteiger partial charge in [0.2, 0.25) is 5.91 Å². The number of likely N-dealkylation sites (tertiary alicyclic amines) is 1. The molecule has 4 nitrogen and oxygen atoms in total. The van der Waals surface area contributed by atoms with Crippen molar-refractivity contribution >= 4 is 5.91 Å². The highest BCUT2D eigenvalue weighted by molar-refractivity contribution is 5.77. The second kappa shape index (κ2) is 6.86. The van der Waals surface area contributed by atoms with Crippen LogP contribution in [-0.2, 0) is 4.79 Å². The molecular weight excluding hydrogens is 250 g/mol. The Balaban J connectivity index is 2.20. The summed E-state index contributed by atoms with van der Waals surface area (Å²) in [6.45, 7) is 3.61. The maximum Gasteiger partial charge on any atom is 0.221 e. The predicted octanol–water partition coefficient (Wildman–Crippen LogP) is 1.66. The van der Waals surface area contributed by atoms with Crippen molar-refractivity contribution in [1.82, 2.24) is 4.90 Å². The molecule has 1 fully saturated rings. The van der Waals surface area contributed by atoms with Crippen LogP contribution in [0.15, 0.2) is 30.3 Å². The second-order valence-electron chi connectivity index (χ2n) is 5.73. The van der Waals surface area contributed by atoms with E-state index in [2.05, 4.69) is 36.1 Å². The average Bonchev–Trinajstić information content (AvgIpc) is 2.46. The van der Waals surface area contributed by atoms with Gasteiger partial charge < -0.3 is 11.5 Å². The Kier molecular flexibility index (Phi) is 5.15. The summed E-state index contributed by atoms with van der Waals surface area (Å²) >= 11 is 0. The van der Waals surface area contributed by atoms with Crippen LogP contribution in [-0.4, -0.2) is 29.9 Å². The van der Waals surface area contributed by atoms with Crippen molar-refractivity contribution in [2.45, 2.75) is 38.3 Å². The molecule has 1 aliphatic heterocycles. The van der Waals surface area contributed by atoms with E-state index in [0.29, 0.717) is 12.6 Å². The number of carbonyl (C=O) groups is 1. The van der Waals surface area contributed by atoms with Gasteiger partial charge in [-0.05, 0) is 38.3 Å². The first-order valence-electron chi connectivity index (χ1n) is 7.43. The lowest BCUT2D eigenvalue weighted by Gasteiger charge is -2.42. The molecule has 3 unspecified atom stereocenters. The summed E-state index contributed by atoms with van der Waals surface area (Å²) in [5.74, 6) is -0.211. The number of primary amides is 1. The van der Waals surface area contributed by atoms with Crippen molar-refractivity contribution in [3.63, 3.8) is 0 Å². The van der Waals surface area contributed by atoms with E-state index in [1.807, 2.05) is 6.07 Å². The first-order valence-corrected chi connectivity index (χ1v) is 7.43. The Morgan fingerprint density at radius 1 is 1.35 bits per heavy atom. The van der Waals surface area contributed by atoms with Crippen LogP contribution in [0.4, 0.5) is 0 Å². The van der Waals surface area contributed by atoms with E-state index in [-0.39, 0.29) is 17.9 Å². The van der Waals surface area contributed by atoms with Gasteiger partial charge in [0.05, 0.1) is 5.92 Å². The van der Waals surface area contributed by atoms with Crippen LogP contribution in [0.2, 0.25) is 0 Å². The van der Waals surface area contributed by atoms with Gasteiger partial charge in [-0.1, -0.05) is 30.3 Å². The number of carbonyl (C=O) groups excluding carboxylic acids is 1. The minimum Gasteiger partial charge on any atom is -0.369 e. The van der Waals surface area contributed by atoms with Gasteiger partial charge in [0.25, 0.3) is 0 Å². The molecule has 2 rings (SSSR count). The summed E-state index contributed by atoms with van der Waals surface area (Å²) in [6, 6.07) is 11.1. The molecule has 0 aromatic heterocycles. The van der Waals surface area contributed by atoms with Crippen molar-refractivity contribution in [2.75, 3.05) is 13.1 Å². The third kappa shape index (κ3) is 3.38. The fourth-order valence-electron chi connectivity index (χ4n) is 3.16. The van der Waals surface area contributed by atoms with Gasteiger partial charge in [0.1, 0.15) is 0 Å². The van der Waals surface area contributed by atoms with Crippen LogP contribution in [0.3, 0.4) is 0 Å². The number of rotatable bonds is 5. The molecule has 0 bridgehead atoms. The molecule has 20 heavy (non-hydrogen) atoms. The van der Waals surface area contributed by atoms with Crippen molar-refractivity contribution < 1.29 is 4.79 Å². The summed E-state index contributed by atoms with van der Waals surface area (Å²) in [4.78, 5) is 13.9. The first-order chi connectivity index (χ1) is 9.63. The van der Waals surface area contributed by atoms with Crippen LogP contribution in [0.25, 0.3) is 0 Å². The number of hydrogen-bond acceptors (Lipinski definition) is 3. The van der Waals surface area contributed by atoms with Gasteiger partial charge in [0.15, 0.2) is 0 Å². The molecule has 0 spiro atoms. The van der Waals surface area contributed by atoms with Gasteiger partial charge >= 0.3 is 0 Å². The fraction of sp³-hybridized carbons (Fsp3) is 0.562. The molecule has 3 atom stereocenters. The summed E-state index contributed by atoms with van der Waals surface area (Å²) in [7, 11) is 0. The van der Waals surface area contributed by atoms with Crippen LogP contribution in [0.5, 0.6) is 0 Å². The van der Waals surface area contributed by atoms with Crippen LogP contribution in [0.1, 0.15) is 37.8 Å². The molecule has 1 saturated heterocycles. The minimum atomic E-state index is -0.179. The van der Waals surface area contributed by atoms with E-state index in [1.54, 1.807) is 0 Å². The van der Waals surface area contributed by atoms with E-state index >= 15 is 0 Å². The summed E-state index contributed by atoms with van der Waals surface area (Å²) in [5.41, 5.74) is 12.6. The molecule has 0 radical (unpaired) electrons. The number of nitrogens with two attached hydrogens (primary N) is 2. The smallest absolute Gasteiger partial charge is 0.221 e. The maximum atomic E-state index is 11.5. The monoisotopic (exact) mass is 275 g/mol. The highest BCUT2D eigenvalue weighted by Gasteiger charge is 2.33. The van der Waals surface area contributed by atoms with E-state index < -0.39 is 0 Å². The van der Waals surface area contributed by atoms with E-state index in [9.17, 15) is 4.79 Å². The molecule has 1 aromatic carbocycles. The van der Waals surface area contributed by atoms with E-state index in [0.717, 1.165) is 25.8 Å². The SMILES string of the molecule is CC1CCC(C(N)=O)CN1C(CCN)c1ccccc1. The van der Waals surface area contributed by atoms with E-state index in [1.165, 1.54) is 5.56 Å². The Bertz CT molecular complexity index is 435. The lowest BCUT2D eigenvalue weighted by atomic mass is 9.89. The normalized spacial score (nSPS) is 25.3. The zero-order valence-corrected chi connectivity index (χ0v) is 12.2. The second-order valence-corrected chi connectivity index (χ2v) is 5.73. The minimum absolute atomic E-state index is 0.0322. The summed E-state index contributed by atoms with van der Waals surface area (Å²) in [5, 5.41) is 0. The zero-order chi connectivity index (χ0) is 14.5. The van der Waals surface area contributed by atoms with Gasteiger partial charge in [-0.15, -0.1) is 0 Å². The maximum absolute atomic E-state index is 11.5. The molecule has 1 heterocycles. The molecule has 4 N–H and O–H groups in total. The lowest BCUT2D eigenvalue weighted by molar-refractivity contribution is -0.124. The molecular formula is C16H25N3O. The standard InChI is InChI=1S/C16H25N3O/c1-12-7-8-14(16(18)20)11-19(12)15(9-10-17)13-5-3-2-4-6-13/h2-6,12,14-15H,7-11,17H2,1H3,(H2,18,20). The quantitative estimate of drug-likeness (QED) is 0.858. The Morgan fingerprint density at radius 2 is 2.05 bits per heavy atom. The molecule has 1 aromatic rings. The molecule has 0 aliphatic carbocycles. The van der Waals surface area contributed by atoms with Gasteiger partial charge in [-0.2, -0.15) is 0 Å². The third-order valence-electron chi connectivity index (χ3n) is 4.36. The van der Waals surface area contributed by atoms with Crippen molar-refractivity contribution in [3.05, 3.63) is 35.9 Å². The largest absolute Gasteiger partial charge is 0.369 e. The lowest BCUT2D eigenvalue weighted by Crippen LogP contribution is -2.47.